The quantitative estimate of drug-likeness (QED) is 0.497. The normalized spacial score (nSPS) is 12.7. The number of benzene rings is 1. The first kappa shape index (κ1) is 17.9. The van der Waals surface area contributed by atoms with Crippen LogP contribution in [0.25, 0.3) is 22.2 Å². The fourth-order valence-electron chi connectivity index (χ4n) is 3.33. The van der Waals surface area contributed by atoms with E-state index >= 15 is 0 Å². The highest BCUT2D eigenvalue weighted by atomic mass is 16.1. The molecule has 0 spiro atoms. The van der Waals surface area contributed by atoms with Crippen LogP contribution in [0.2, 0.25) is 0 Å². The Morgan fingerprint density at radius 1 is 1.13 bits per heavy atom. The molecule has 0 bridgehead atoms. The molecule has 0 aliphatic rings. The summed E-state index contributed by atoms with van der Waals surface area (Å²) in [6.45, 7) is 4.26. The molecule has 156 valence electrons. The number of nitrogens with one attached hydrogen (secondary N) is 2. The SMILES string of the molecule is [2H]c1nc(C)nc([2H])c1-c1cc(NC[C@@H](C)c2cccc3c(C(=O)NC)ccnc23)ncn1. The van der Waals surface area contributed by atoms with Gasteiger partial charge in [0.2, 0.25) is 0 Å². The van der Waals surface area contributed by atoms with E-state index in [-0.39, 0.29) is 29.7 Å². The van der Waals surface area contributed by atoms with Gasteiger partial charge in [-0.05, 0) is 18.6 Å². The summed E-state index contributed by atoms with van der Waals surface area (Å²) in [5.41, 5.74) is 3.05. The number of pyridine rings is 1. The van der Waals surface area contributed by atoms with Gasteiger partial charge in [-0.15, -0.1) is 0 Å². The van der Waals surface area contributed by atoms with Crippen LogP contribution in [0.5, 0.6) is 0 Å². The molecule has 0 aliphatic carbocycles. The number of hydrogen-bond acceptors (Lipinski definition) is 7. The molecule has 8 heteroatoms. The Morgan fingerprint density at radius 3 is 2.71 bits per heavy atom. The number of aromatic nitrogens is 5. The van der Waals surface area contributed by atoms with Gasteiger partial charge in [0, 0.05) is 55.1 Å². The maximum atomic E-state index is 12.2. The van der Waals surface area contributed by atoms with Crippen molar-refractivity contribution in [2.24, 2.45) is 0 Å². The lowest BCUT2D eigenvalue weighted by atomic mass is 9.96. The smallest absolute Gasteiger partial charge is 0.251 e. The third kappa shape index (κ3) is 4.32. The minimum Gasteiger partial charge on any atom is -0.369 e. The van der Waals surface area contributed by atoms with Crippen LogP contribution in [0, 0.1) is 6.92 Å². The molecule has 8 nitrogen and oxygen atoms in total. The van der Waals surface area contributed by atoms with Gasteiger partial charge in [-0.25, -0.2) is 19.9 Å². The Kier molecular flexibility index (Phi) is 5.09. The number of anilines is 1. The van der Waals surface area contributed by atoms with Crippen molar-refractivity contribution in [3.05, 3.63) is 72.2 Å². The monoisotopic (exact) mass is 415 g/mol. The maximum Gasteiger partial charge on any atom is 0.251 e. The first-order valence-electron chi connectivity index (χ1n) is 10.9. The largest absolute Gasteiger partial charge is 0.369 e. The highest BCUT2D eigenvalue weighted by molar-refractivity contribution is 6.06. The molecule has 0 radical (unpaired) electrons. The van der Waals surface area contributed by atoms with E-state index in [1.165, 1.54) is 6.33 Å². The maximum absolute atomic E-state index is 12.2. The van der Waals surface area contributed by atoms with E-state index in [4.69, 9.17) is 2.74 Å². The van der Waals surface area contributed by atoms with Crippen molar-refractivity contribution in [1.82, 2.24) is 30.2 Å². The molecule has 0 saturated heterocycles. The van der Waals surface area contributed by atoms with E-state index in [1.54, 1.807) is 32.3 Å². The van der Waals surface area contributed by atoms with Crippen molar-refractivity contribution < 1.29 is 7.54 Å². The molecule has 1 atom stereocenters. The Balaban J connectivity index is 1.58. The number of amides is 1. The third-order valence-electron chi connectivity index (χ3n) is 4.98. The van der Waals surface area contributed by atoms with Gasteiger partial charge in [0.25, 0.3) is 5.91 Å². The van der Waals surface area contributed by atoms with Crippen LogP contribution in [-0.2, 0) is 0 Å². The van der Waals surface area contributed by atoms with Crippen molar-refractivity contribution in [3.8, 4) is 11.3 Å². The van der Waals surface area contributed by atoms with E-state index in [0.717, 1.165) is 16.5 Å². The van der Waals surface area contributed by atoms with Crippen LogP contribution >= 0.6 is 0 Å². The van der Waals surface area contributed by atoms with Gasteiger partial charge in [-0.2, -0.15) is 0 Å². The summed E-state index contributed by atoms with van der Waals surface area (Å²) in [7, 11) is 1.61. The molecule has 3 heterocycles. The van der Waals surface area contributed by atoms with Crippen molar-refractivity contribution in [2.75, 3.05) is 18.9 Å². The summed E-state index contributed by atoms with van der Waals surface area (Å²) in [4.78, 5) is 33.3. The number of carbonyl (C=O) groups is 1. The Morgan fingerprint density at radius 2 is 1.94 bits per heavy atom. The number of rotatable bonds is 6. The van der Waals surface area contributed by atoms with Crippen LogP contribution in [0.4, 0.5) is 5.82 Å². The van der Waals surface area contributed by atoms with Crippen LogP contribution in [0.1, 0.15) is 37.3 Å². The van der Waals surface area contributed by atoms with E-state index in [1.807, 2.05) is 18.2 Å². The molecular weight excluding hydrogens is 390 g/mol. The summed E-state index contributed by atoms with van der Waals surface area (Å²) in [6.07, 6.45) is 2.95. The fraction of sp³-hybridized carbons (Fsp3) is 0.217. The molecule has 2 N–H and O–H groups in total. The molecular formula is C23H23N7O. The van der Waals surface area contributed by atoms with Gasteiger partial charge in [-0.1, -0.05) is 25.1 Å². The highest BCUT2D eigenvalue weighted by Crippen LogP contribution is 2.27. The predicted octanol–water partition coefficient (Wildman–Crippen LogP) is 3.37. The number of nitrogens with zero attached hydrogens (tertiary/aromatic N) is 5. The molecule has 0 unspecified atom stereocenters. The van der Waals surface area contributed by atoms with Crippen molar-refractivity contribution in [1.29, 1.82) is 0 Å². The Labute approximate surface area is 183 Å². The van der Waals surface area contributed by atoms with Gasteiger partial charge in [0.1, 0.15) is 18.0 Å². The summed E-state index contributed by atoms with van der Waals surface area (Å²) in [5, 5.41) is 6.77. The molecule has 3 aromatic heterocycles. The van der Waals surface area contributed by atoms with E-state index in [2.05, 4.69) is 42.5 Å². The highest BCUT2D eigenvalue weighted by Gasteiger charge is 2.15. The summed E-state index contributed by atoms with van der Waals surface area (Å²) >= 11 is 0. The van der Waals surface area contributed by atoms with Crippen molar-refractivity contribution in [3.63, 3.8) is 0 Å². The summed E-state index contributed by atoms with van der Waals surface area (Å²) in [6, 6.07) is 9.22. The number of hydrogen-bond donors (Lipinski definition) is 2. The second kappa shape index (κ2) is 8.83. The molecule has 1 aromatic carbocycles. The van der Waals surface area contributed by atoms with E-state index in [0.29, 0.717) is 29.4 Å². The lowest BCUT2D eigenvalue weighted by Crippen LogP contribution is -2.18. The average molecular weight is 415 g/mol. The molecule has 31 heavy (non-hydrogen) atoms. The zero-order valence-corrected chi connectivity index (χ0v) is 17.5. The van der Waals surface area contributed by atoms with E-state index < -0.39 is 0 Å². The zero-order valence-electron chi connectivity index (χ0n) is 19.5. The average Bonchev–Trinajstić information content (AvgIpc) is 2.81. The molecule has 0 fully saturated rings. The van der Waals surface area contributed by atoms with Crippen LogP contribution in [-0.4, -0.2) is 44.4 Å². The first-order chi connectivity index (χ1) is 15.9. The van der Waals surface area contributed by atoms with Gasteiger partial charge >= 0.3 is 0 Å². The molecule has 0 saturated carbocycles. The minimum atomic E-state index is -0.151. The number of fused-ring (bicyclic) bond motifs is 1. The molecule has 4 rings (SSSR count). The molecule has 1 amide bonds. The third-order valence-corrected chi connectivity index (χ3v) is 4.98. The Bertz CT molecular complexity index is 1320. The predicted molar refractivity (Wildman–Crippen MR) is 120 cm³/mol. The summed E-state index contributed by atoms with van der Waals surface area (Å²) < 4.78 is 16.2. The molecule has 4 aromatic rings. The lowest BCUT2D eigenvalue weighted by Gasteiger charge is -2.16. The minimum absolute atomic E-state index is 0.0423. The number of aryl methyl sites for hydroxylation is 1. The van der Waals surface area contributed by atoms with Crippen molar-refractivity contribution in [2.45, 2.75) is 19.8 Å². The lowest BCUT2D eigenvalue weighted by molar-refractivity contribution is 0.0964. The van der Waals surface area contributed by atoms with Crippen molar-refractivity contribution >= 4 is 22.6 Å². The summed E-state index contributed by atoms with van der Waals surface area (Å²) in [5.74, 6) is 0.839. The van der Waals surface area contributed by atoms with Gasteiger partial charge < -0.3 is 10.6 Å². The van der Waals surface area contributed by atoms with Gasteiger partial charge in [-0.3, -0.25) is 9.78 Å². The van der Waals surface area contributed by atoms with Gasteiger partial charge in [0.15, 0.2) is 0 Å². The number of carbonyl (C=O) groups excluding carboxylic acids is 1. The zero-order chi connectivity index (χ0) is 23.5. The van der Waals surface area contributed by atoms with Crippen LogP contribution in [0.3, 0.4) is 0 Å². The Hall–Kier alpha value is -3.94. The van der Waals surface area contributed by atoms with Crippen LogP contribution < -0.4 is 10.6 Å². The van der Waals surface area contributed by atoms with E-state index in [9.17, 15) is 4.79 Å². The second-order valence-corrected chi connectivity index (χ2v) is 7.12. The second-order valence-electron chi connectivity index (χ2n) is 7.12. The van der Waals surface area contributed by atoms with Gasteiger partial charge in [0.05, 0.1) is 19.5 Å². The number of para-hydroxylation sites is 1. The van der Waals surface area contributed by atoms with Crippen LogP contribution in [0.15, 0.2) is 55.2 Å². The molecule has 0 aliphatic heterocycles. The topological polar surface area (TPSA) is 106 Å². The standard InChI is InChI=1S/C23H23N7O/c1-14(17-5-4-6-18-19(23(31)24-3)7-8-25-22(17)18)10-28-21-9-20(29-13-30-21)16-11-26-15(2)27-12-16/h4-9,11-14H,10H2,1-3H3,(H,24,31)(H,28,29,30)/t14-/m1/s1/i11D,12D. The first-order valence-corrected chi connectivity index (χ1v) is 9.87. The fourth-order valence-corrected chi connectivity index (χ4v) is 3.33.